The Hall–Kier alpha value is -2.41. The maximum absolute atomic E-state index is 13.7. The van der Waals surface area contributed by atoms with Crippen molar-refractivity contribution < 1.29 is 19.1 Å². The maximum Gasteiger partial charge on any atom is 0.270 e. The van der Waals surface area contributed by atoms with E-state index in [0.717, 1.165) is 0 Å². The zero-order valence-electron chi connectivity index (χ0n) is 11.8. The van der Waals surface area contributed by atoms with E-state index < -0.39 is 17.3 Å². The maximum atomic E-state index is 13.7. The van der Waals surface area contributed by atoms with Crippen LogP contribution < -0.4 is 5.73 Å². The van der Waals surface area contributed by atoms with Gasteiger partial charge in [-0.15, -0.1) is 0 Å². The summed E-state index contributed by atoms with van der Waals surface area (Å²) in [5, 5.41) is 10.4. The van der Waals surface area contributed by atoms with Crippen LogP contribution in [0.2, 0.25) is 0 Å². The fourth-order valence-corrected chi connectivity index (χ4v) is 2.73. The topological polar surface area (TPSA) is 99.4 Å². The third-order valence-electron chi connectivity index (χ3n) is 4.18. The highest BCUT2D eigenvalue weighted by atomic mass is 19.1. The molecule has 0 aliphatic carbocycles. The number of primary amides is 1. The lowest BCUT2D eigenvalue weighted by Crippen LogP contribution is -2.53. The van der Waals surface area contributed by atoms with E-state index in [1.54, 1.807) is 12.1 Å². The number of nitrogens with two attached hydrogens (primary N) is 1. The number of rotatable bonds is 2. The number of carbonyl (C=O) groups is 2. The van der Waals surface area contributed by atoms with Gasteiger partial charge in [0.25, 0.3) is 5.91 Å². The lowest BCUT2D eigenvalue weighted by atomic mass is 9.91. The molecule has 4 N–H and O–H groups in total. The molecule has 7 heteroatoms. The Labute approximate surface area is 125 Å². The Morgan fingerprint density at radius 3 is 2.59 bits per heavy atom. The number of carbonyl (C=O) groups excluding carboxylic acids is 2. The van der Waals surface area contributed by atoms with E-state index in [4.69, 9.17) is 5.73 Å². The molecule has 2 heterocycles. The molecule has 0 unspecified atom stereocenters. The van der Waals surface area contributed by atoms with E-state index >= 15 is 0 Å². The number of hydrogen-bond donors (Lipinski definition) is 3. The van der Waals surface area contributed by atoms with Crippen LogP contribution in [0, 0.1) is 5.82 Å². The van der Waals surface area contributed by atoms with Crippen molar-refractivity contribution in [1.82, 2.24) is 9.88 Å². The molecule has 0 spiro atoms. The van der Waals surface area contributed by atoms with E-state index in [9.17, 15) is 19.1 Å². The molecule has 1 saturated heterocycles. The normalized spacial score (nSPS) is 17.6. The summed E-state index contributed by atoms with van der Waals surface area (Å²) in [7, 11) is 0. The number of fused-ring (bicyclic) bond motifs is 1. The Morgan fingerprint density at radius 1 is 1.32 bits per heavy atom. The zero-order valence-corrected chi connectivity index (χ0v) is 11.8. The second-order valence-electron chi connectivity index (χ2n) is 5.57. The van der Waals surface area contributed by atoms with Crippen molar-refractivity contribution in [1.29, 1.82) is 0 Å². The molecule has 0 saturated carbocycles. The quantitative estimate of drug-likeness (QED) is 0.763. The third kappa shape index (κ3) is 2.33. The summed E-state index contributed by atoms with van der Waals surface area (Å²) in [4.78, 5) is 28.0. The molecule has 2 amide bonds. The number of aromatic amines is 1. The molecule has 1 aliphatic rings. The number of likely N-dealkylation sites (tertiary alicyclic amines) is 1. The van der Waals surface area contributed by atoms with Gasteiger partial charge in [0.2, 0.25) is 5.91 Å². The molecular weight excluding hydrogens is 289 g/mol. The van der Waals surface area contributed by atoms with Crippen LogP contribution in [0.5, 0.6) is 0 Å². The van der Waals surface area contributed by atoms with E-state index in [-0.39, 0.29) is 37.5 Å². The number of hydrogen-bond acceptors (Lipinski definition) is 3. The zero-order chi connectivity index (χ0) is 15.9. The van der Waals surface area contributed by atoms with E-state index in [1.165, 1.54) is 17.0 Å². The van der Waals surface area contributed by atoms with Crippen molar-refractivity contribution >= 4 is 22.7 Å². The second-order valence-corrected chi connectivity index (χ2v) is 5.57. The Kier molecular flexibility index (Phi) is 3.37. The number of H-pyrrole nitrogens is 1. The number of nitrogens with zero attached hydrogens (tertiary/aromatic N) is 1. The molecule has 2 aromatic rings. The minimum atomic E-state index is -1.55. The molecule has 1 aromatic carbocycles. The minimum Gasteiger partial charge on any atom is -0.380 e. The van der Waals surface area contributed by atoms with Gasteiger partial charge in [-0.05, 0) is 18.2 Å². The van der Waals surface area contributed by atoms with Crippen LogP contribution in [0.25, 0.3) is 10.9 Å². The van der Waals surface area contributed by atoms with Gasteiger partial charge in [-0.25, -0.2) is 4.39 Å². The van der Waals surface area contributed by atoms with Gasteiger partial charge in [0.05, 0.1) is 0 Å². The molecule has 1 fully saturated rings. The first-order valence-electron chi connectivity index (χ1n) is 6.99. The SMILES string of the molecule is NC(=O)C1(O)CCN(C(=O)c2cc3c(F)cccc3[nH]2)CC1. The van der Waals surface area contributed by atoms with Crippen LogP contribution in [0.3, 0.4) is 0 Å². The van der Waals surface area contributed by atoms with Crippen molar-refractivity contribution in [3.63, 3.8) is 0 Å². The van der Waals surface area contributed by atoms with Gasteiger partial charge in [0.15, 0.2) is 0 Å². The summed E-state index contributed by atoms with van der Waals surface area (Å²) in [6.45, 7) is 0.437. The van der Waals surface area contributed by atoms with Gasteiger partial charge >= 0.3 is 0 Å². The number of benzene rings is 1. The highest BCUT2D eigenvalue weighted by Gasteiger charge is 2.39. The predicted molar refractivity (Wildman–Crippen MR) is 77.5 cm³/mol. The van der Waals surface area contributed by atoms with Crippen LogP contribution in [-0.4, -0.2) is 45.5 Å². The number of halogens is 1. The monoisotopic (exact) mass is 305 g/mol. The summed E-state index contributed by atoms with van der Waals surface area (Å²) < 4.78 is 13.7. The number of nitrogens with one attached hydrogen (secondary N) is 1. The lowest BCUT2D eigenvalue weighted by Gasteiger charge is -2.35. The standard InChI is InChI=1S/C15H16FN3O3/c16-10-2-1-3-11-9(10)8-12(18-11)13(20)19-6-4-15(22,5-7-19)14(17)21/h1-3,8,18,22H,4-7H2,(H2,17,21). The van der Waals surface area contributed by atoms with Crippen molar-refractivity contribution in [3.05, 3.63) is 35.8 Å². The molecule has 1 aromatic heterocycles. The van der Waals surface area contributed by atoms with Gasteiger partial charge < -0.3 is 20.7 Å². The lowest BCUT2D eigenvalue weighted by molar-refractivity contribution is -0.140. The van der Waals surface area contributed by atoms with Crippen LogP contribution >= 0.6 is 0 Å². The molecular formula is C15H16FN3O3. The third-order valence-corrected chi connectivity index (χ3v) is 4.18. The fraction of sp³-hybridized carbons (Fsp3) is 0.333. The first-order chi connectivity index (χ1) is 10.4. The van der Waals surface area contributed by atoms with Gasteiger partial charge in [-0.2, -0.15) is 0 Å². The number of amides is 2. The Balaban J connectivity index is 1.79. The molecule has 1 aliphatic heterocycles. The van der Waals surface area contributed by atoms with Crippen molar-refractivity contribution in [2.45, 2.75) is 18.4 Å². The number of aliphatic hydroxyl groups is 1. The predicted octanol–water partition coefficient (Wildman–Crippen LogP) is 0.759. The smallest absolute Gasteiger partial charge is 0.270 e. The van der Waals surface area contributed by atoms with Crippen LogP contribution in [0.15, 0.2) is 24.3 Å². The minimum absolute atomic E-state index is 0.0999. The highest BCUT2D eigenvalue weighted by Crippen LogP contribution is 2.24. The fourth-order valence-electron chi connectivity index (χ4n) is 2.73. The summed E-state index contributed by atoms with van der Waals surface area (Å²) >= 11 is 0. The Morgan fingerprint density at radius 2 is 2.00 bits per heavy atom. The summed E-state index contributed by atoms with van der Waals surface area (Å²) in [6.07, 6.45) is 0.200. The molecule has 116 valence electrons. The van der Waals surface area contributed by atoms with E-state index in [2.05, 4.69) is 4.98 Å². The van der Waals surface area contributed by atoms with Crippen molar-refractivity contribution in [2.24, 2.45) is 5.73 Å². The van der Waals surface area contributed by atoms with Crippen LogP contribution in [0.1, 0.15) is 23.3 Å². The largest absolute Gasteiger partial charge is 0.380 e. The van der Waals surface area contributed by atoms with E-state index in [0.29, 0.717) is 10.9 Å². The summed E-state index contributed by atoms with van der Waals surface area (Å²) in [5.74, 6) is -1.45. The molecule has 0 atom stereocenters. The first kappa shape index (κ1) is 14.5. The molecule has 6 nitrogen and oxygen atoms in total. The summed E-state index contributed by atoms with van der Waals surface area (Å²) in [6, 6.07) is 6.06. The molecule has 22 heavy (non-hydrogen) atoms. The Bertz CT molecular complexity index is 748. The van der Waals surface area contributed by atoms with Crippen LogP contribution in [-0.2, 0) is 4.79 Å². The van der Waals surface area contributed by atoms with Crippen molar-refractivity contribution in [2.75, 3.05) is 13.1 Å². The van der Waals surface area contributed by atoms with Crippen LogP contribution in [0.4, 0.5) is 4.39 Å². The van der Waals surface area contributed by atoms with Gasteiger partial charge in [0, 0.05) is 36.8 Å². The molecule has 0 radical (unpaired) electrons. The van der Waals surface area contributed by atoms with E-state index in [1.807, 2.05) is 0 Å². The molecule has 3 rings (SSSR count). The first-order valence-corrected chi connectivity index (χ1v) is 6.99. The average Bonchev–Trinajstić information content (AvgIpc) is 2.93. The second kappa shape index (κ2) is 5.10. The average molecular weight is 305 g/mol. The number of aromatic nitrogens is 1. The van der Waals surface area contributed by atoms with Gasteiger partial charge in [-0.3, -0.25) is 9.59 Å². The highest BCUT2D eigenvalue weighted by molar-refractivity contribution is 5.98. The summed E-state index contributed by atoms with van der Waals surface area (Å²) in [5.41, 5.74) is 4.44. The van der Waals surface area contributed by atoms with Crippen molar-refractivity contribution in [3.8, 4) is 0 Å². The van der Waals surface area contributed by atoms with Gasteiger partial charge in [-0.1, -0.05) is 6.07 Å². The van der Waals surface area contributed by atoms with Gasteiger partial charge in [0.1, 0.15) is 17.1 Å². The number of piperidine rings is 1. The molecule has 0 bridgehead atoms.